The highest BCUT2D eigenvalue weighted by molar-refractivity contribution is 7.09. The zero-order chi connectivity index (χ0) is 15.5. The molecule has 22 heavy (non-hydrogen) atoms. The van der Waals surface area contributed by atoms with Crippen molar-refractivity contribution in [2.45, 2.75) is 31.8 Å². The van der Waals surface area contributed by atoms with Gasteiger partial charge in [-0.2, -0.15) is 0 Å². The smallest absolute Gasteiger partial charge is 0.287 e. The molecule has 0 unspecified atom stereocenters. The predicted octanol–water partition coefficient (Wildman–Crippen LogP) is 4.43. The second-order valence-electron chi connectivity index (χ2n) is 5.40. The lowest BCUT2D eigenvalue weighted by Gasteiger charge is -2.34. The van der Waals surface area contributed by atoms with E-state index in [0.29, 0.717) is 6.04 Å². The normalized spacial score (nSPS) is 19.2. The van der Waals surface area contributed by atoms with E-state index in [1.165, 1.54) is 18.9 Å². The molecule has 0 saturated carbocycles. The van der Waals surface area contributed by atoms with Crippen molar-refractivity contribution in [3.63, 3.8) is 0 Å². The van der Waals surface area contributed by atoms with E-state index in [0.717, 1.165) is 30.1 Å². The van der Waals surface area contributed by atoms with Gasteiger partial charge in [0.2, 0.25) is 0 Å². The molecule has 0 bridgehead atoms. The maximum atomic E-state index is 10.8. The summed E-state index contributed by atoms with van der Waals surface area (Å²) in [4.78, 5) is 17.2. The summed E-state index contributed by atoms with van der Waals surface area (Å²) < 4.78 is 0. The number of nitro benzene ring substituents is 1. The highest BCUT2D eigenvalue weighted by Crippen LogP contribution is 2.34. The molecule has 1 aliphatic heterocycles. The topological polar surface area (TPSA) is 59.3 Å². The zero-order valence-electron chi connectivity index (χ0n) is 11.9. The van der Waals surface area contributed by atoms with E-state index in [2.05, 4.69) is 9.88 Å². The van der Waals surface area contributed by atoms with Gasteiger partial charge in [0, 0.05) is 24.2 Å². The van der Waals surface area contributed by atoms with Gasteiger partial charge in [-0.1, -0.05) is 24.1 Å². The maximum absolute atomic E-state index is 10.8. The van der Waals surface area contributed by atoms with Crippen LogP contribution in [0, 0.1) is 10.1 Å². The Morgan fingerprint density at radius 1 is 1.45 bits per heavy atom. The van der Waals surface area contributed by atoms with E-state index >= 15 is 0 Å². The number of thiazole rings is 1. The molecule has 3 rings (SSSR count). The van der Waals surface area contributed by atoms with Crippen molar-refractivity contribution in [2.24, 2.45) is 0 Å². The van der Waals surface area contributed by atoms with Crippen LogP contribution in [0.2, 0.25) is 5.02 Å². The van der Waals surface area contributed by atoms with Crippen molar-refractivity contribution in [1.82, 2.24) is 9.88 Å². The number of piperidine rings is 1. The van der Waals surface area contributed by atoms with Crippen LogP contribution < -0.4 is 0 Å². The van der Waals surface area contributed by atoms with E-state index in [9.17, 15) is 10.1 Å². The predicted molar refractivity (Wildman–Crippen MR) is 87.2 cm³/mol. The Balaban J connectivity index is 1.78. The first-order chi connectivity index (χ1) is 10.6. The molecule has 1 fully saturated rings. The van der Waals surface area contributed by atoms with Crippen LogP contribution in [0.25, 0.3) is 0 Å². The summed E-state index contributed by atoms with van der Waals surface area (Å²) in [6.07, 6.45) is 5.33. The van der Waals surface area contributed by atoms with Crippen molar-refractivity contribution < 1.29 is 4.92 Å². The van der Waals surface area contributed by atoms with Gasteiger partial charge < -0.3 is 0 Å². The molecule has 2 heterocycles. The van der Waals surface area contributed by atoms with E-state index in [1.807, 2.05) is 11.6 Å². The van der Waals surface area contributed by atoms with E-state index in [-0.39, 0.29) is 10.7 Å². The van der Waals surface area contributed by atoms with Gasteiger partial charge >= 0.3 is 0 Å². The molecule has 0 N–H and O–H groups in total. The highest BCUT2D eigenvalue weighted by Gasteiger charge is 2.26. The van der Waals surface area contributed by atoms with Crippen LogP contribution in [0.4, 0.5) is 5.69 Å². The lowest BCUT2D eigenvalue weighted by Crippen LogP contribution is -2.32. The van der Waals surface area contributed by atoms with Crippen LogP contribution in [0.1, 0.15) is 35.9 Å². The first kappa shape index (κ1) is 15.4. The fourth-order valence-corrected chi connectivity index (χ4v) is 3.97. The van der Waals surface area contributed by atoms with Gasteiger partial charge in [0.05, 0.1) is 11.0 Å². The third-order valence-electron chi connectivity index (χ3n) is 3.94. The molecule has 7 heteroatoms. The van der Waals surface area contributed by atoms with E-state index < -0.39 is 4.92 Å². The van der Waals surface area contributed by atoms with Gasteiger partial charge in [0.25, 0.3) is 5.69 Å². The SMILES string of the molecule is O=[N+]([O-])c1ccc(CN2CCCC[C@H]2c2nccs2)cc1Cl. The molecule has 116 valence electrons. The van der Waals surface area contributed by atoms with Gasteiger partial charge in [0.15, 0.2) is 0 Å². The summed E-state index contributed by atoms with van der Waals surface area (Å²) in [6.45, 7) is 1.75. The number of likely N-dealkylation sites (tertiary alicyclic amines) is 1. The molecule has 0 radical (unpaired) electrons. The van der Waals surface area contributed by atoms with Crippen molar-refractivity contribution >= 4 is 28.6 Å². The van der Waals surface area contributed by atoms with Crippen LogP contribution in [-0.4, -0.2) is 21.4 Å². The van der Waals surface area contributed by atoms with E-state index in [1.54, 1.807) is 23.5 Å². The monoisotopic (exact) mass is 337 g/mol. The molecule has 0 aliphatic carbocycles. The van der Waals surface area contributed by atoms with Crippen LogP contribution in [0.5, 0.6) is 0 Å². The summed E-state index contributed by atoms with van der Waals surface area (Å²) in [6, 6.07) is 5.31. The maximum Gasteiger partial charge on any atom is 0.287 e. The number of benzene rings is 1. The second-order valence-corrected chi connectivity index (χ2v) is 6.73. The minimum atomic E-state index is -0.453. The first-order valence-corrected chi connectivity index (χ1v) is 8.47. The van der Waals surface area contributed by atoms with Gasteiger partial charge in [-0.15, -0.1) is 11.3 Å². The van der Waals surface area contributed by atoms with Crippen LogP contribution in [-0.2, 0) is 6.54 Å². The van der Waals surface area contributed by atoms with Crippen molar-refractivity contribution in [3.8, 4) is 0 Å². The summed E-state index contributed by atoms with van der Waals surface area (Å²) in [7, 11) is 0. The van der Waals surface area contributed by atoms with Gasteiger partial charge in [0.1, 0.15) is 10.0 Å². The molecule has 0 amide bonds. The first-order valence-electron chi connectivity index (χ1n) is 7.21. The zero-order valence-corrected chi connectivity index (χ0v) is 13.5. The lowest BCUT2D eigenvalue weighted by atomic mass is 10.0. The fourth-order valence-electron chi connectivity index (χ4n) is 2.89. The molecule has 1 aromatic carbocycles. The molecule has 1 aromatic heterocycles. The van der Waals surface area contributed by atoms with Crippen LogP contribution in [0.3, 0.4) is 0 Å². The Bertz CT molecular complexity index is 663. The van der Waals surface area contributed by atoms with Crippen LogP contribution in [0.15, 0.2) is 29.8 Å². The number of nitrogens with zero attached hydrogens (tertiary/aromatic N) is 3. The minimum absolute atomic E-state index is 0.0412. The molecular weight excluding hydrogens is 322 g/mol. The van der Waals surface area contributed by atoms with Gasteiger partial charge in [-0.05, 0) is 31.0 Å². The summed E-state index contributed by atoms with van der Waals surface area (Å²) in [5.41, 5.74) is 0.958. The Kier molecular flexibility index (Phi) is 4.71. The number of halogens is 1. The highest BCUT2D eigenvalue weighted by atomic mass is 35.5. The average Bonchev–Trinajstić information content (AvgIpc) is 3.01. The largest absolute Gasteiger partial charge is 0.290 e. The molecule has 1 atom stereocenters. The number of nitro groups is 1. The summed E-state index contributed by atoms with van der Waals surface area (Å²) in [5.74, 6) is 0. The summed E-state index contributed by atoms with van der Waals surface area (Å²) in [5, 5.41) is 14.2. The Labute approximate surface area is 137 Å². The number of hydrogen-bond acceptors (Lipinski definition) is 5. The Morgan fingerprint density at radius 2 is 2.32 bits per heavy atom. The van der Waals surface area contributed by atoms with Crippen molar-refractivity contribution in [3.05, 3.63) is 55.5 Å². The fraction of sp³-hybridized carbons (Fsp3) is 0.400. The molecule has 1 aliphatic rings. The minimum Gasteiger partial charge on any atom is -0.290 e. The number of rotatable bonds is 4. The molecule has 1 saturated heterocycles. The molecule has 2 aromatic rings. The van der Waals surface area contributed by atoms with Gasteiger partial charge in [-0.3, -0.25) is 15.0 Å². The lowest BCUT2D eigenvalue weighted by molar-refractivity contribution is -0.384. The van der Waals surface area contributed by atoms with Crippen molar-refractivity contribution in [2.75, 3.05) is 6.54 Å². The second kappa shape index (κ2) is 6.73. The summed E-state index contributed by atoms with van der Waals surface area (Å²) >= 11 is 7.69. The van der Waals surface area contributed by atoms with E-state index in [4.69, 9.17) is 11.6 Å². The van der Waals surface area contributed by atoms with Crippen LogP contribution >= 0.6 is 22.9 Å². The quantitative estimate of drug-likeness (QED) is 0.611. The third kappa shape index (κ3) is 3.29. The Morgan fingerprint density at radius 3 is 3.00 bits per heavy atom. The number of hydrogen-bond donors (Lipinski definition) is 0. The molecular formula is C15H16ClN3O2S. The number of aromatic nitrogens is 1. The van der Waals surface area contributed by atoms with Crippen molar-refractivity contribution in [1.29, 1.82) is 0 Å². The molecule has 0 spiro atoms. The third-order valence-corrected chi connectivity index (χ3v) is 5.12. The standard InChI is InChI=1S/C15H16ClN3O2S/c16-12-9-11(4-5-13(12)19(20)21)10-18-7-2-1-3-14(18)15-17-6-8-22-15/h4-6,8-9,14H,1-3,7,10H2/t14-/m0/s1. The average molecular weight is 338 g/mol. The van der Waals surface area contributed by atoms with Gasteiger partial charge in [-0.25, -0.2) is 4.98 Å². The Hall–Kier alpha value is -1.50. The molecule has 5 nitrogen and oxygen atoms in total.